The number of sulfonamides is 1. The summed E-state index contributed by atoms with van der Waals surface area (Å²) in [7, 11) is -3.39. The van der Waals surface area contributed by atoms with Crippen LogP contribution in [0.3, 0.4) is 0 Å². The molecule has 0 radical (unpaired) electrons. The van der Waals surface area contributed by atoms with Crippen LogP contribution in [0, 0.1) is 0 Å². The highest BCUT2D eigenvalue weighted by Crippen LogP contribution is 2.20. The number of ether oxygens (including phenoxy) is 1. The van der Waals surface area contributed by atoms with Crippen LogP contribution < -0.4 is 4.74 Å². The molecule has 2 heterocycles. The van der Waals surface area contributed by atoms with Crippen molar-refractivity contribution in [1.82, 2.24) is 9.29 Å². The van der Waals surface area contributed by atoms with Gasteiger partial charge in [-0.25, -0.2) is 8.42 Å². The van der Waals surface area contributed by atoms with E-state index in [0.29, 0.717) is 25.9 Å². The summed E-state index contributed by atoms with van der Waals surface area (Å²) < 4.78 is 32.2. The van der Waals surface area contributed by atoms with Crippen LogP contribution in [0.5, 0.6) is 5.75 Å². The van der Waals surface area contributed by atoms with Gasteiger partial charge in [-0.05, 0) is 36.6 Å². The lowest BCUT2D eigenvalue weighted by molar-refractivity contribution is 0.135. The molecule has 0 amide bonds. The lowest BCUT2D eigenvalue weighted by Crippen LogP contribution is -2.40. The first-order valence-electron chi connectivity index (χ1n) is 7.93. The maximum absolute atomic E-state index is 12.4. The molecule has 0 aliphatic carbocycles. The highest BCUT2D eigenvalue weighted by Gasteiger charge is 2.27. The zero-order chi connectivity index (χ0) is 16.8. The van der Waals surface area contributed by atoms with Gasteiger partial charge in [0.2, 0.25) is 10.0 Å². The van der Waals surface area contributed by atoms with E-state index >= 15 is 0 Å². The van der Waals surface area contributed by atoms with Crippen LogP contribution in [0.15, 0.2) is 60.3 Å². The average Bonchev–Trinajstić information content (AvgIpc) is 2.62. The molecule has 126 valence electrons. The second kappa shape index (κ2) is 7.59. The third kappa shape index (κ3) is 4.43. The maximum atomic E-state index is 12.4. The predicted octanol–water partition coefficient (Wildman–Crippen LogP) is 2.93. The summed E-state index contributed by atoms with van der Waals surface area (Å²) >= 11 is 0. The Morgan fingerprint density at radius 1 is 1.08 bits per heavy atom. The Bertz CT molecular complexity index is 768. The van der Waals surface area contributed by atoms with Gasteiger partial charge in [-0.15, -0.1) is 0 Å². The van der Waals surface area contributed by atoms with E-state index in [4.69, 9.17) is 4.74 Å². The first kappa shape index (κ1) is 16.7. The fourth-order valence-corrected chi connectivity index (χ4v) is 3.85. The molecule has 1 aliphatic heterocycles. The fourth-order valence-electron chi connectivity index (χ4n) is 2.63. The van der Waals surface area contributed by atoms with E-state index in [2.05, 4.69) is 4.98 Å². The van der Waals surface area contributed by atoms with Crippen LogP contribution in [-0.2, 0) is 10.0 Å². The minimum Gasteiger partial charge on any atom is -0.489 e. The van der Waals surface area contributed by atoms with Gasteiger partial charge in [-0.1, -0.05) is 30.3 Å². The van der Waals surface area contributed by atoms with Crippen molar-refractivity contribution in [3.05, 3.63) is 65.8 Å². The van der Waals surface area contributed by atoms with Gasteiger partial charge in [0.15, 0.2) is 0 Å². The number of aromatic nitrogens is 1. The fraction of sp³-hybridized carbons (Fsp3) is 0.278. The smallest absolute Gasteiger partial charge is 0.236 e. The van der Waals surface area contributed by atoms with Crippen molar-refractivity contribution < 1.29 is 13.2 Å². The molecule has 1 aromatic carbocycles. The SMILES string of the molecule is O=S(=O)(/C=C/c1ccccc1)N1CCC(Oc2cccnc2)CC1. The Morgan fingerprint density at radius 2 is 1.83 bits per heavy atom. The Balaban J connectivity index is 1.56. The van der Waals surface area contributed by atoms with E-state index < -0.39 is 10.0 Å². The predicted molar refractivity (Wildman–Crippen MR) is 93.9 cm³/mol. The summed E-state index contributed by atoms with van der Waals surface area (Å²) in [5.41, 5.74) is 0.871. The summed E-state index contributed by atoms with van der Waals surface area (Å²) in [4.78, 5) is 4.02. The second-order valence-electron chi connectivity index (χ2n) is 5.66. The van der Waals surface area contributed by atoms with Crippen molar-refractivity contribution in [3.63, 3.8) is 0 Å². The van der Waals surface area contributed by atoms with E-state index in [1.54, 1.807) is 18.5 Å². The molecule has 0 atom stereocenters. The molecule has 1 aliphatic rings. The highest BCUT2D eigenvalue weighted by atomic mass is 32.2. The monoisotopic (exact) mass is 344 g/mol. The molecule has 0 N–H and O–H groups in total. The molecule has 0 unspecified atom stereocenters. The lowest BCUT2D eigenvalue weighted by Gasteiger charge is -2.30. The molecule has 0 saturated carbocycles. The van der Waals surface area contributed by atoms with Crippen molar-refractivity contribution in [3.8, 4) is 5.75 Å². The minimum atomic E-state index is -3.39. The van der Waals surface area contributed by atoms with Crippen LogP contribution in [0.2, 0.25) is 0 Å². The molecule has 1 aromatic heterocycles. The van der Waals surface area contributed by atoms with Gasteiger partial charge in [0.05, 0.1) is 6.20 Å². The van der Waals surface area contributed by atoms with Gasteiger partial charge < -0.3 is 4.74 Å². The Hall–Kier alpha value is -2.18. The van der Waals surface area contributed by atoms with E-state index in [9.17, 15) is 8.42 Å². The van der Waals surface area contributed by atoms with Crippen molar-refractivity contribution in [1.29, 1.82) is 0 Å². The van der Waals surface area contributed by atoms with Gasteiger partial charge in [0, 0.05) is 24.7 Å². The van der Waals surface area contributed by atoms with Crippen molar-refractivity contribution in [2.45, 2.75) is 18.9 Å². The van der Waals surface area contributed by atoms with Crippen LogP contribution in [0.25, 0.3) is 6.08 Å². The van der Waals surface area contributed by atoms with Gasteiger partial charge in [-0.3, -0.25) is 4.98 Å². The highest BCUT2D eigenvalue weighted by molar-refractivity contribution is 7.92. The standard InChI is InChI=1S/C18H20N2O3S/c21-24(22,14-10-16-5-2-1-3-6-16)20-12-8-17(9-13-20)23-18-7-4-11-19-15-18/h1-7,10-11,14-15,17H,8-9,12-13H2/b14-10+. The number of nitrogens with zero attached hydrogens (tertiary/aromatic N) is 2. The first-order valence-corrected chi connectivity index (χ1v) is 9.44. The van der Waals surface area contributed by atoms with E-state index in [-0.39, 0.29) is 6.10 Å². The molecular formula is C18H20N2O3S. The minimum absolute atomic E-state index is 0.0266. The molecule has 2 aromatic rings. The summed E-state index contributed by atoms with van der Waals surface area (Å²) in [6.07, 6.45) is 6.37. The van der Waals surface area contributed by atoms with E-state index in [1.807, 2.05) is 42.5 Å². The molecule has 0 spiro atoms. The quantitative estimate of drug-likeness (QED) is 0.837. The van der Waals surface area contributed by atoms with Gasteiger partial charge in [0.1, 0.15) is 11.9 Å². The Morgan fingerprint density at radius 3 is 2.50 bits per heavy atom. The number of hydrogen-bond acceptors (Lipinski definition) is 4. The van der Waals surface area contributed by atoms with Crippen LogP contribution in [-0.4, -0.2) is 36.9 Å². The molecule has 1 saturated heterocycles. The van der Waals surface area contributed by atoms with E-state index in [0.717, 1.165) is 11.3 Å². The van der Waals surface area contributed by atoms with Crippen LogP contribution >= 0.6 is 0 Å². The molecule has 5 nitrogen and oxygen atoms in total. The maximum Gasteiger partial charge on any atom is 0.236 e. The lowest BCUT2D eigenvalue weighted by atomic mass is 10.1. The third-order valence-electron chi connectivity index (χ3n) is 3.93. The Labute approximate surface area is 142 Å². The number of hydrogen-bond donors (Lipinski definition) is 0. The molecule has 0 bridgehead atoms. The Kier molecular flexibility index (Phi) is 5.27. The van der Waals surface area contributed by atoms with Gasteiger partial charge in [0.25, 0.3) is 0 Å². The van der Waals surface area contributed by atoms with Crippen molar-refractivity contribution in [2.24, 2.45) is 0 Å². The number of piperidine rings is 1. The first-order chi connectivity index (χ1) is 11.6. The average molecular weight is 344 g/mol. The molecule has 6 heteroatoms. The zero-order valence-electron chi connectivity index (χ0n) is 13.3. The zero-order valence-corrected chi connectivity index (χ0v) is 14.1. The topological polar surface area (TPSA) is 59.5 Å². The molecule has 3 rings (SSSR count). The number of pyridine rings is 1. The van der Waals surface area contributed by atoms with E-state index in [1.165, 1.54) is 9.71 Å². The molecule has 24 heavy (non-hydrogen) atoms. The van der Waals surface area contributed by atoms with Crippen molar-refractivity contribution in [2.75, 3.05) is 13.1 Å². The van der Waals surface area contributed by atoms with Crippen molar-refractivity contribution >= 4 is 16.1 Å². The third-order valence-corrected chi connectivity index (χ3v) is 5.49. The second-order valence-corrected chi connectivity index (χ2v) is 7.48. The molecular weight excluding hydrogens is 324 g/mol. The normalized spacial score (nSPS) is 17.2. The largest absolute Gasteiger partial charge is 0.489 e. The number of rotatable bonds is 5. The van der Waals surface area contributed by atoms with Gasteiger partial charge >= 0.3 is 0 Å². The number of benzene rings is 1. The summed E-state index contributed by atoms with van der Waals surface area (Å²) in [6.45, 7) is 0.929. The molecule has 1 fully saturated rings. The summed E-state index contributed by atoms with van der Waals surface area (Å²) in [5.74, 6) is 0.725. The van der Waals surface area contributed by atoms with Crippen LogP contribution in [0.4, 0.5) is 0 Å². The van der Waals surface area contributed by atoms with Crippen LogP contribution in [0.1, 0.15) is 18.4 Å². The summed E-state index contributed by atoms with van der Waals surface area (Å²) in [5, 5.41) is 1.28. The van der Waals surface area contributed by atoms with Gasteiger partial charge in [-0.2, -0.15) is 4.31 Å². The summed E-state index contributed by atoms with van der Waals surface area (Å²) in [6, 6.07) is 13.1.